The Labute approximate surface area is 117 Å². The first kappa shape index (κ1) is 14.1. The number of hydrogen-bond donors (Lipinski definition) is 3. The number of pyridine rings is 1. The lowest BCUT2D eigenvalue weighted by Gasteiger charge is -2.18. The zero-order valence-electron chi connectivity index (χ0n) is 11.2. The fourth-order valence-electron chi connectivity index (χ4n) is 2.49. The molecule has 5 nitrogen and oxygen atoms in total. The van der Waals surface area contributed by atoms with E-state index in [0.717, 1.165) is 19.3 Å². The molecule has 4 N–H and O–H groups in total. The summed E-state index contributed by atoms with van der Waals surface area (Å²) >= 11 is 6.00. The quantitative estimate of drug-likeness (QED) is 0.587. The van der Waals surface area contributed by atoms with Crippen LogP contribution in [-0.4, -0.2) is 16.9 Å². The van der Waals surface area contributed by atoms with E-state index in [1.165, 1.54) is 0 Å². The van der Waals surface area contributed by atoms with E-state index >= 15 is 0 Å². The molecule has 1 aliphatic rings. The van der Waals surface area contributed by atoms with Gasteiger partial charge in [0, 0.05) is 6.04 Å². The van der Waals surface area contributed by atoms with Crippen LogP contribution in [0, 0.1) is 5.41 Å². The van der Waals surface area contributed by atoms with Crippen LogP contribution in [0.1, 0.15) is 43.6 Å². The molecular weight excluding hydrogens is 264 g/mol. The number of hydrazine groups is 1. The van der Waals surface area contributed by atoms with Crippen LogP contribution in [0.25, 0.3) is 0 Å². The Balaban J connectivity index is 2.08. The summed E-state index contributed by atoms with van der Waals surface area (Å²) in [6.07, 6.45) is 3.08. The molecule has 1 aromatic heterocycles. The van der Waals surface area contributed by atoms with Crippen molar-refractivity contribution in [2.24, 2.45) is 11.3 Å². The third-order valence-corrected chi connectivity index (χ3v) is 3.82. The van der Waals surface area contributed by atoms with E-state index in [-0.39, 0.29) is 23.1 Å². The number of nitrogens with one attached hydrogen (secondary N) is 2. The largest absolute Gasteiger partial charge is 0.348 e. The van der Waals surface area contributed by atoms with Gasteiger partial charge in [-0.15, -0.1) is 0 Å². The first-order valence-electron chi connectivity index (χ1n) is 6.35. The Morgan fingerprint density at radius 2 is 2.26 bits per heavy atom. The van der Waals surface area contributed by atoms with Gasteiger partial charge in [0.1, 0.15) is 11.5 Å². The average Bonchev–Trinajstić information content (AvgIpc) is 2.69. The van der Waals surface area contributed by atoms with Crippen LogP contribution in [0.2, 0.25) is 5.02 Å². The van der Waals surface area contributed by atoms with Gasteiger partial charge in [-0.3, -0.25) is 4.79 Å². The van der Waals surface area contributed by atoms with Crippen molar-refractivity contribution < 1.29 is 4.79 Å². The zero-order valence-corrected chi connectivity index (χ0v) is 11.9. The van der Waals surface area contributed by atoms with E-state index in [9.17, 15) is 4.79 Å². The number of aromatic nitrogens is 1. The highest BCUT2D eigenvalue weighted by Crippen LogP contribution is 2.37. The van der Waals surface area contributed by atoms with Crippen molar-refractivity contribution in [3.63, 3.8) is 0 Å². The van der Waals surface area contributed by atoms with Crippen molar-refractivity contribution in [3.05, 3.63) is 22.8 Å². The number of carbonyl (C=O) groups is 1. The Morgan fingerprint density at radius 3 is 2.84 bits per heavy atom. The fraction of sp³-hybridized carbons (Fsp3) is 0.538. The highest BCUT2D eigenvalue weighted by Gasteiger charge is 2.32. The van der Waals surface area contributed by atoms with Gasteiger partial charge in [0.25, 0.3) is 5.91 Å². The molecule has 104 valence electrons. The first-order chi connectivity index (χ1) is 8.91. The summed E-state index contributed by atoms with van der Waals surface area (Å²) in [5.74, 6) is 5.45. The molecule has 1 amide bonds. The molecule has 0 aliphatic heterocycles. The molecule has 2 rings (SSSR count). The Hall–Kier alpha value is -1.33. The molecule has 6 heteroatoms. The second-order valence-corrected chi connectivity index (χ2v) is 6.16. The molecule has 1 unspecified atom stereocenters. The highest BCUT2D eigenvalue weighted by molar-refractivity contribution is 6.33. The maximum atomic E-state index is 12.2. The third-order valence-electron chi connectivity index (χ3n) is 3.51. The van der Waals surface area contributed by atoms with Gasteiger partial charge in [0.2, 0.25) is 0 Å². The number of carbonyl (C=O) groups excluding carboxylic acids is 1. The minimum atomic E-state index is -0.246. The molecule has 0 spiro atoms. The van der Waals surface area contributed by atoms with Crippen molar-refractivity contribution in [2.75, 3.05) is 5.43 Å². The molecule has 1 atom stereocenters. The van der Waals surface area contributed by atoms with Crippen molar-refractivity contribution in [3.8, 4) is 0 Å². The normalized spacial score (nSPS) is 21.2. The maximum absolute atomic E-state index is 12.2. The number of halogens is 1. The molecule has 1 saturated carbocycles. The second-order valence-electron chi connectivity index (χ2n) is 5.75. The summed E-state index contributed by atoms with van der Waals surface area (Å²) in [4.78, 5) is 16.3. The molecule has 1 aromatic rings. The summed E-state index contributed by atoms with van der Waals surface area (Å²) in [6.45, 7) is 4.42. The summed E-state index contributed by atoms with van der Waals surface area (Å²) in [6, 6.07) is 3.42. The monoisotopic (exact) mass is 282 g/mol. The van der Waals surface area contributed by atoms with Gasteiger partial charge < -0.3 is 10.7 Å². The molecular formula is C13H19ClN4O. The van der Waals surface area contributed by atoms with E-state index < -0.39 is 0 Å². The molecule has 1 heterocycles. The van der Waals surface area contributed by atoms with Crippen LogP contribution < -0.4 is 16.6 Å². The van der Waals surface area contributed by atoms with E-state index in [1.54, 1.807) is 12.1 Å². The second kappa shape index (κ2) is 5.35. The number of anilines is 1. The van der Waals surface area contributed by atoms with Gasteiger partial charge in [-0.2, -0.15) is 0 Å². The minimum Gasteiger partial charge on any atom is -0.348 e. The summed E-state index contributed by atoms with van der Waals surface area (Å²) in [5, 5.41) is 3.32. The fourth-order valence-corrected chi connectivity index (χ4v) is 2.69. The van der Waals surface area contributed by atoms with Crippen LogP contribution in [0.4, 0.5) is 5.82 Å². The summed E-state index contributed by atoms with van der Waals surface area (Å²) < 4.78 is 0. The molecule has 0 aromatic carbocycles. The molecule has 1 fully saturated rings. The third kappa shape index (κ3) is 3.36. The van der Waals surface area contributed by atoms with E-state index in [4.69, 9.17) is 17.4 Å². The van der Waals surface area contributed by atoms with Crippen molar-refractivity contribution in [2.45, 2.75) is 39.2 Å². The number of amides is 1. The molecule has 0 bridgehead atoms. The van der Waals surface area contributed by atoms with Crippen molar-refractivity contribution in [1.82, 2.24) is 10.3 Å². The van der Waals surface area contributed by atoms with Gasteiger partial charge in [0.05, 0.1) is 5.02 Å². The van der Waals surface area contributed by atoms with Gasteiger partial charge in [-0.05, 0) is 36.8 Å². The predicted octanol–water partition coefficient (Wildman–Crippen LogP) is 2.33. The van der Waals surface area contributed by atoms with Crippen LogP contribution in [-0.2, 0) is 0 Å². The van der Waals surface area contributed by atoms with Gasteiger partial charge >= 0.3 is 0 Å². The van der Waals surface area contributed by atoms with Crippen molar-refractivity contribution >= 4 is 23.3 Å². The molecule has 0 radical (unpaired) electrons. The van der Waals surface area contributed by atoms with Crippen LogP contribution >= 0.6 is 11.6 Å². The van der Waals surface area contributed by atoms with E-state index in [1.807, 2.05) is 0 Å². The standard InChI is InChI=1S/C13H19ClN4O/c1-13(2)6-5-8(7-13)16-12(19)11-9(14)3-4-10(17-11)18-15/h3-4,8H,5-7,15H2,1-2H3,(H,16,19)(H,17,18). The lowest BCUT2D eigenvalue weighted by molar-refractivity contribution is 0.0931. The topological polar surface area (TPSA) is 80.0 Å². The number of nitrogen functional groups attached to an aromatic ring is 1. The molecule has 1 aliphatic carbocycles. The first-order valence-corrected chi connectivity index (χ1v) is 6.73. The summed E-state index contributed by atoms with van der Waals surface area (Å²) in [7, 11) is 0. The molecule has 0 saturated heterocycles. The van der Waals surface area contributed by atoms with Gasteiger partial charge in [0.15, 0.2) is 0 Å². The minimum absolute atomic E-state index is 0.190. The maximum Gasteiger partial charge on any atom is 0.271 e. The van der Waals surface area contributed by atoms with E-state index in [2.05, 4.69) is 29.6 Å². The predicted molar refractivity (Wildman–Crippen MR) is 75.9 cm³/mol. The summed E-state index contributed by atoms with van der Waals surface area (Å²) in [5.41, 5.74) is 2.90. The van der Waals surface area contributed by atoms with Crippen LogP contribution in [0.5, 0.6) is 0 Å². The average molecular weight is 283 g/mol. The van der Waals surface area contributed by atoms with Crippen molar-refractivity contribution in [1.29, 1.82) is 0 Å². The number of nitrogens with zero attached hydrogens (tertiary/aromatic N) is 1. The van der Waals surface area contributed by atoms with Crippen LogP contribution in [0.3, 0.4) is 0 Å². The highest BCUT2D eigenvalue weighted by atomic mass is 35.5. The van der Waals surface area contributed by atoms with Crippen LogP contribution in [0.15, 0.2) is 12.1 Å². The smallest absolute Gasteiger partial charge is 0.271 e. The van der Waals surface area contributed by atoms with Gasteiger partial charge in [-0.25, -0.2) is 10.8 Å². The number of nitrogens with two attached hydrogens (primary N) is 1. The lowest BCUT2D eigenvalue weighted by atomic mass is 9.92. The lowest BCUT2D eigenvalue weighted by Crippen LogP contribution is -2.34. The SMILES string of the molecule is CC1(C)CCC(NC(=O)c2nc(NN)ccc2Cl)C1. The molecule has 19 heavy (non-hydrogen) atoms. The van der Waals surface area contributed by atoms with Gasteiger partial charge in [-0.1, -0.05) is 25.4 Å². The Morgan fingerprint density at radius 1 is 1.53 bits per heavy atom. The Kier molecular flexibility index (Phi) is 3.96. The number of hydrogen-bond acceptors (Lipinski definition) is 4. The van der Waals surface area contributed by atoms with E-state index in [0.29, 0.717) is 10.8 Å². The Bertz CT molecular complexity index is 490. The number of rotatable bonds is 3. The zero-order chi connectivity index (χ0) is 14.0.